The fourth-order valence-electron chi connectivity index (χ4n) is 3.06. The second kappa shape index (κ2) is 5.23. The molecule has 0 radical (unpaired) electrons. The molecular weight excluding hydrogens is 215 g/mol. The molecule has 0 bridgehead atoms. The molecule has 0 saturated carbocycles. The van der Waals surface area contributed by atoms with Gasteiger partial charge >= 0.3 is 0 Å². The third-order valence-corrected chi connectivity index (χ3v) is 4.54. The molecule has 0 aromatic carbocycles. The lowest BCUT2D eigenvalue weighted by Gasteiger charge is -2.45. The lowest BCUT2D eigenvalue weighted by atomic mass is 9.89. The molecule has 0 aliphatic carbocycles. The summed E-state index contributed by atoms with van der Waals surface area (Å²) in [5, 5.41) is 0. The summed E-state index contributed by atoms with van der Waals surface area (Å²) in [4.78, 5) is 4.70. The van der Waals surface area contributed by atoms with Gasteiger partial charge in [0.25, 0.3) is 0 Å². The molecular formula is C14H27FN2. The number of halogens is 1. The Labute approximate surface area is 105 Å². The van der Waals surface area contributed by atoms with Crippen LogP contribution in [0.5, 0.6) is 0 Å². The van der Waals surface area contributed by atoms with Crippen molar-refractivity contribution < 1.29 is 4.39 Å². The Hall–Kier alpha value is -0.150. The summed E-state index contributed by atoms with van der Waals surface area (Å²) in [5.74, 6) is 0.828. The highest BCUT2D eigenvalue weighted by atomic mass is 19.1. The van der Waals surface area contributed by atoms with Gasteiger partial charge in [0.05, 0.1) is 0 Å². The largest absolute Gasteiger partial charge is 0.301 e. The minimum absolute atomic E-state index is 0.563. The Morgan fingerprint density at radius 3 is 2.29 bits per heavy atom. The maximum atomic E-state index is 14.6. The van der Waals surface area contributed by atoms with E-state index >= 15 is 0 Å². The van der Waals surface area contributed by atoms with Crippen LogP contribution in [0.4, 0.5) is 4.39 Å². The number of alkyl halides is 1. The van der Waals surface area contributed by atoms with Crippen LogP contribution in [-0.4, -0.2) is 54.2 Å². The molecule has 0 aromatic heterocycles. The third kappa shape index (κ3) is 3.19. The number of rotatable bonds is 4. The van der Waals surface area contributed by atoms with E-state index in [1.54, 1.807) is 0 Å². The first kappa shape index (κ1) is 13.3. The molecule has 2 fully saturated rings. The standard InChI is InChI=1S/C14H27FN2/c1-4-13-9-16(10-13)11-14(15)5-7-17(8-6-14)12(2)3/h12-13H,4-11H2,1-3H3. The Morgan fingerprint density at radius 1 is 1.24 bits per heavy atom. The summed E-state index contributed by atoms with van der Waals surface area (Å²) in [7, 11) is 0. The van der Waals surface area contributed by atoms with Crippen LogP contribution in [0.25, 0.3) is 0 Å². The maximum Gasteiger partial charge on any atom is 0.126 e. The van der Waals surface area contributed by atoms with E-state index in [9.17, 15) is 4.39 Å². The molecule has 2 saturated heterocycles. The number of piperidine rings is 1. The number of hydrogen-bond donors (Lipinski definition) is 0. The highest BCUT2D eigenvalue weighted by Gasteiger charge is 2.39. The monoisotopic (exact) mass is 242 g/mol. The summed E-state index contributed by atoms with van der Waals surface area (Å²) < 4.78 is 14.6. The lowest BCUT2D eigenvalue weighted by Crippen LogP contribution is -2.55. The summed E-state index contributed by atoms with van der Waals surface area (Å²) >= 11 is 0. The van der Waals surface area contributed by atoms with Crippen LogP contribution in [0.1, 0.15) is 40.0 Å². The van der Waals surface area contributed by atoms with Gasteiger partial charge in [-0.1, -0.05) is 13.3 Å². The number of likely N-dealkylation sites (tertiary alicyclic amines) is 2. The van der Waals surface area contributed by atoms with E-state index in [1.165, 1.54) is 6.42 Å². The molecule has 0 spiro atoms. The van der Waals surface area contributed by atoms with Crippen molar-refractivity contribution in [3.8, 4) is 0 Å². The minimum Gasteiger partial charge on any atom is -0.301 e. The van der Waals surface area contributed by atoms with Crippen molar-refractivity contribution in [1.29, 1.82) is 0 Å². The van der Waals surface area contributed by atoms with Gasteiger partial charge in [0, 0.05) is 38.8 Å². The van der Waals surface area contributed by atoms with Crippen molar-refractivity contribution in [2.45, 2.75) is 51.7 Å². The maximum absolute atomic E-state index is 14.6. The zero-order valence-electron chi connectivity index (χ0n) is 11.6. The second-order valence-electron chi connectivity index (χ2n) is 6.25. The first-order valence-electron chi connectivity index (χ1n) is 7.18. The van der Waals surface area contributed by atoms with Gasteiger partial charge in [-0.3, -0.25) is 4.90 Å². The van der Waals surface area contributed by atoms with Gasteiger partial charge in [-0.15, -0.1) is 0 Å². The summed E-state index contributed by atoms with van der Waals surface area (Å²) in [6.07, 6.45) is 2.69. The molecule has 17 heavy (non-hydrogen) atoms. The first-order chi connectivity index (χ1) is 8.02. The molecule has 0 N–H and O–H groups in total. The molecule has 0 aromatic rings. The fraction of sp³-hybridized carbons (Fsp3) is 1.00. The predicted octanol–water partition coefficient (Wildman–Crippen LogP) is 2.54. The lowest BCUT2D eigenvalue weighted by molar-refractivity contribution is -0.0180. The van der Waals surface area contributed by atoms with Crippen LogP contribution >= 0.6 is 0 Å². The van der Waals surface area contributed by atoms with Crippen molar-refractivity contribution in [3.63, 3.8) is 0 Å². The Balaban J connectivity index is 1.74. The summed E-state index contributed by atoms with van der Waals surface area (Å²) in [6.45, 7) is 11.4. The van der Waals surface area contributed by atoms with Crippen LogP contribution in [0, 0.1) is 5.92 Å². The van der Waals surface area contributed by atoms with Crippen LogP contribution in [0.3, 0.4) is 0 Å². The molecule has 2 rings (SSSR count). The van der Waals surface area contributed by atoms with E-state index in [0.717, 1.165) is 44.9 Å². The van der Waals surface area contributed by atoms with Crippen molar-refractivity contribution in [2.75, 3.05) is 32.7 Å². The normalized spacial score (nSPS) is 27.4. The van der Waals surface area contributed by atoms with E-state index in [-0.39, 0.29) is 0 Å². The van der Waals surface area contributed by atoms with E-state index in [4.69, 9.17) is 0 Å². The first-order valence-corrected chi connectivity index (χ1v) is 7.18. The molecule has 100 valence electrons. The quantitative estimate of drug-likeness (QED) is 0.747. The summed E-state index contributed by atoms with van der Waals surface area (Å²) in [5.41, 5.74) is -0.913. The molecule has 2 aliphatic heterocycles. The number of hydrogen-bond acceptors (Lipinski definition) is 2. The van der Waals surface area contributed by atoms with Crippen molar-refractivity contribution >= 4 is 0 Å². The molecule has 2 nitrogen and oxygen atoms in total. The molecule has 0 amide bonds. The number of nitrogens with zero attached hydrogens (tertiary/aromatic N) is 2. The Kier molecular flexibility index (Phi) is 4.09. The van der Waals surface area contributed by atoms with Gasteiger partial charge in [-0.25, -0.2) is 4.39 Å². The van der Waals surface area contributed by atoms with Gasteiger partial charge in [-0.05, 0) is 32.6 Å². The van der Waals surface area contributed by atoms with Crippen LogP contribution in [0.15, 0.2) is 0 Å². The van der Waals surface area contributed by atoms with E-state index in [2.05, 4.69) is 30.6 Å². The van der Waals surface area contributed by atoms with Gasteiger partial charge in [0.1, 0.15) is 5.67 Å². The SMILES string of the molecule is CCC1CN(CC2(F)CCN(C(C)C)CC2)C1. The fourth-order valence-corrected chi connectivity index (χ4v) is 3.06. The molecule has 2 heterocycles. The van der Waals surface area contributed by atoms with Crippen LogP contribution in [-0.2, 0) is 0 Å². The molecule has 0 unspecified atom stereocenters. The zero-order chi connectivity index (χ0) is 12.5. The van der Waals surface area contributed by atoms with Crippen molar-refractivity contribution in [2.24, 2.45) is 5.92 Å². The van der Waals surface area contributed by atoms with Crippen LogP contribution < -0.4 is 0 Å². The van der Waals surface area contributed by atoms with Crippen LogP contribution in [0.2, 0.25) is 0 Å². The van der Waals surface area contributed by atoms with E-state index < -0.39 is 5.67 Å². The van der Waals surface area contributed by atoms with Gasteiger partial charge in [-0.2, -0.15) is 0 Å². The van der Waals surface area contributed by atoms with Crippen molar-refractivity contribution in [3.05, 3.63) is 0 Å². The zero-order valence-corrected chi connectivity index (χ0v) is 11.6. The van der Waals surface area contributed by atoms with E-state index in [1.807, 2.05) is 0 Å². The average molecular weight is 242 g/mol. The summed E-state index contributed by atoms with van der Waals surface area (Å²) in [6, 6.07) is 0.563. The third-order valence-electron chi connectivity index (χ3n) is 4.54. The Bertz CT molecular complexity index is 241. The van der Waals surface area contributed by atoms with Crippen molar-refractivity contribution in [1.82, 2.24) is 9.80 Å². The van der Waals surface area contributed by atoms with Gasteiger partial charge in [0.15, 0.2) is 0 Å². The minimum atomic E-state index is -0.913. The smallest absolute Gasteiger partial charge is 0.126 e. The molecule has 3 heteroatoms. The molecule has 2 aliphatic rings. The van der Waals surface area contributed by atoms with Gasteiger partial charge in [0.2, 0.25) is 0 Å². The highest BCUT2D eigenvalue weighted by Crippen LogP contribution is 2.31. The van der Waals surface area contributed by atoms with E-state index in [0.29, 0.717) is 12.6 Å². The predicted molar refractivity (Wildman–Crippen MR) is 70.0 cm³/mol. The van der Waals surface area contributed by atoms with Gasteiger partial charge < -0.3 is 4.90 Å². The molecule has 0 atom stereocenters. The average Bonchev–Trinajstić information content (AvgIpc) is 2.23. The topological polar surface area (TPSA) is 6.48 Å². The highest BCUT2D eigenvalue weighted by molar-refractivity contribution is 4.92. The second-order valence-corrected chi connectivity index (χ2v) is 6.25. The Morgan fingerprint density at radius 2 is 1.82 bits per heavy atom.